The molecule has 2 aromatic carbocycles. The highest BCUT2D eigenvalue weighted by Gasteiger charge is 2.26. The third kappa shape index (κ3) is 6.30. The maximum absolute atomic E-state index is 13.1. The van der Waals surface area contributed by atoms with Crippen molar-refractivity contribution in [2.24, 2.45) is 5.73 Å². The van der Waals surface area contributed by atoms with Crippen molar-refractivity contribution in [3.05, 3.63) is 75.9 Å². The van der Waals surface area contributed by atoms with Crippen molar-refractivity contribution in [3.8, 4) is 28.2 Å². The first-order chi connectivity index (χ1) is 19.4. The molecule has 0 aromatic heterocycles. The maximum atomic E-state index is 13.1. The van der Waals surface area contributed by atoms with Crippen molar-refractivity contribution in [1.82, 2.24) is 10.6 Å². The smallest absolute Gasteiger partial charge is 0.336 e. The summed E-state index contributed by atoms with van der Waals surface area (Å²) in [5, 5.41) is 33.8. The molecule has 1 heterocycles. The number of carboxylic acids is 2. The van der Waals surface area contributed by atoms with E-state index in [2.05, 4.69) is 10.6 Å². The number of rotatable bonds is 10. The van der Waals surface area contributed by atoms with Gasteiger partial charge in [-0.25, -0.2) is 4.79 Å². The normalized spacial score (nSPS) is 11.6. The number of phenols is 1. The molecule has 1 unspecified atom stereocenters. The highest BCUT2D eigenvalue weighted by atomic mass is 16.4. The number of phenolic OH excluding ortho intramolecular Hbond substituents is 1. The minimum Gasteiger partial charge on any atom is -0.508 e. The third-order valence-corrected chi connectivity index (χ3v) is 6.17. The van der Waals surface area contributed by atoms with Crippen molar-refractivity contribution >= 4 is 40.6 Å². The molecule has 2 aromatic rings. The first-order valence-corrected chi connectivity index (χ1v) is 12.1. The number of amides is 3. The van der Waals surface area contributed by atoms with Crippen molar-refractivity contribution in [1.29, 1.82) is 0 Å². The number of primary amides is 1. The number of aromatic hydroxyl groups is 1. The van der Waals surface area contributed by atoms with Crippen LogP contribution in [-0.4, -0.2) is 57.6 Å². The molecule has 13 heteroatoms. The number of aliphatic carboxylic acids is 1. The van der Waals surface area contributed by atoms with E-state index in [9.17, 15) is 39.0 Å². The Labute approximate surface area is 230 Å². The SMILES string of the molecule is NC(=O)CCC(NC(=O)c1ccc(-c2c3ccc(=O)cc-3oc3cc(O)ccc23)c(C(=O)O)c1)C(=O)NCC(=O)O. The number of hydrogen-bond acceptors (Lipinski definition) is 8. The fourth-order valence-electron chi connectivity index (χ4n) is 4.31. The average molecular weight is 562 g/mol. The highest BCUT2D eigenvalue weighted by Crippen LogP contribution is 2.42. The van der Waals surface area contributed by atoms with Crippen LogP contribution in [0.1, 0.15) is 33.6 Å². The first-order valence-electron chi connectivity index (χ1n) is 12.1. The highest BCUT2D eigenvalue weighted by molar-refractivity contribution is 6.09. The van der Waals surface area contributed by atoms with Crippen LogP contribution in [0.2, 0.25) is 0 Å². The number of carbonyl (C=O) groups is 5. The minimum atomic E-state index is -1.39. The predicted octanol–water partition coefficient (Wildman–Crippen LogP) is 1.53. The van der Waals surface area contributed by atoms with Crippen molar-refractivity contribution < 1.29 is 43.7 Å². The molecule has 7 N–H and O–H groups in total. The van der Waals surface area contributed by atoms with Gasteiger partial charge in [-0.3, -0.25) is 24.0 Å². The number of fused-ring (bicyclic) bond motifs is 2. The zero-order valence-electron chi connectivity index (χ0n) is 21.2. The van der Waals surface area contributed by atoms with Crippen LogP contribution in [0.4, 0.5) is 0 Å². The van der Waals surface area contributed by atoms with Crippen LogP contribution in [0.15, 0.2) is 63.8 Å². The number of nitrogens with one attached hydrogen (secondary N) is 2. The van der Waals surface area contributed by atoms with Gasteiger partial charge in [0.05, 0.1) is 5.56 Å². The second kappa shape index (κ2) is 11.6. The van der Waals surface area contributed by atoms with Crippen LogP contribution in [0, 0.1) is 0 Å². The Morgan fingerprint density at radius 2 is 1.66 bits per heavy atom. The lowest BCUT2D eigenvalue weighted by molar-refractivity contribution is -0.138. The Balaban J connectivity index is 1.78. The van der Waals surface area contributed by atoms with Gasteiger partial charge in [-0.1, -0.05) is 6.07 Å². The van der Waals surface area contributed by atoms with Crippen LogP contribution < -0.4 is 21.8 Å². The number of aromatic carboxylic acids is 1. The van der Waals surface area contributed by atoms with Crippen molar-refractivity contribution in [2.75, 3.05) is 6.54 Å². The molecular weight excluding hydrogens is 538 g/mol. The molecule has 4 rings (SSSR count). The van der Waals surface area contributed by atoms with Crippen LogP contribution in [0.25, 0.3) is 33.4 Å². The molecule has 0 saturated carbocycles. The lowest BCUT2D eigenvalue weighted by atomic mass is 9.89. The van der Waals surface area contributed by atoms with E-state index < -0.39 is 42.2 Å². The van der Waals surface area contributed by atoms with Gasteiger partial charge in [0.1, 0.15) is 29.7 Å². The van der Waals surface area contributed by atoms with Crippen LogP contribution in [0.5, 0.6) is 5.75 Å². The van der Waals surface area contributed by atoms with Crippen LogP contribution in [-0.2, 0) is 14.4 Å². The zero-order chi connectivity index (χ0) is 29.8. The standard InChI is InChI=1S/C28H23N3O10/c29-23(34)8-7-20(27(38)30-12-24(35)36)31-26(37)13-1-4-16(19(9-13)28(39)40)25-17-5-2-14(32)10-21(17)41-22-11-15(33)3-6-18(22)25/h1-6,9-11,20,32H,7-8,12H2,(H2,29,34)(H,30,38)(H,31,37)(H,35,36)(H,39,40). The lowest BCUT2D eigenvalue weighted by Gasteiger charge is -2.19. The molecular formula is C28H23N3O10. The monoisotopic (exact) mass is 561 g/mol. The number of carbonyl (C=O) groups excluding carboxylic acids is 3. The number of hydrogen-bond donors (Lipinski definition) is 6. The van der Waals surface area contributed by atoms with E-state index >= 15 is 0 Å². The number of carboxylic acid groups (broad SMARTS) is 2. The summed E-state index contributed by atoms with van der Waals surface area (Å²) >= 11 is 0. The largest absolute Gasteiger partial charge is 0.508 e. The van der Waals surface area contributed by atoms with Gasteiger partial charge in [-0.15, -0.1) is 0 Å². The fourth-order valence-corrected chi connectivity index (χ4v) is 4.31. The van der Waals surface area contributed by atoms with Gasteiger partial charge in [0, 0.05) is 40.6 Å². The number of nitrogens with two attached hydrogens (primary N) is 1. The van der Waals surface area contributed by atoms with E-state index in [-0.39, 0.29) is 52.1 Å². The summed E-state index contributed by atoms with van der Waals surface area (Å²) in [5.74, 6) is -5.17. The summed E-state index contributed by atoms with van der Waals surface area (Å²) in [5.41, 5.74) is 5.49. The van der Waals surface area contributed by atoms with Gasteiger partial charge < -0.3 is 36.1 Å². The van der Waals surface area contributed by atoms with E-state index in [1.54, 1.807) is 0 Å². The molecule has 210 valence electrons. The molecule has 0 saturated heterocycles. The van der Waals surface area contributed by atoms with Gasteiger partial charge >= 0.3 is 11.9 Å². The molecule has 41 heavy (non-hydrogen) atoms. The van der Waals surface area contributed by atoms with E-state index in [1.807, 2.05) is 0 Å². The van der Waals surface area contributed by atoms with Crippen LogP contribution >= 0.6 is 0 Å². The van der Waals surface area contributed by atoms with E-state index in [0.29, 0.717) is 16.5 Å². The Kier molecular flexibility index (Phi) is 7.99. The van der Waals surface area contributed by atoms with Crippen LogP contribution in [0.3, 0.4) is 0 Å². The second-order valence-corrected chi connectivity index (χ2v) is 9.02. The molecule has 3 amide bonds. The lowest BCUT2D eigenvalue weighted by Crippen LogP contribution is -2.48. The quantitative estimate of drug-likeness (QED) is 0.153. The molecule has 0 radical (unpaired) electrons. The fraction of sp³-hybridized carbons (Fsp3) is 0.143. The van der Waals surface area contributed by atoms with E-state index in [4.69, 9.17) is 15.3 Å². The minimum absolute atomic E-state index is 0.117. The predicted molar refractivity (Wildman–Crippen MR) is 143 cm³/mol. The Bertz CT molecular complexity index is 1740. The molecule has 1 aliphatic carbocycles. The molecule has 1 aliphatic heterocycles. The first kappa shape index (κ1) is 28.3. The summed E-state index contributed by atoms with van der Waals surface area (Å²) < 4.78 is 5.79. The molecule has 2 aliphatic rings. The van der Waals surface area contributed by atoms with Crippen molar-refractivity contribution in [3.63, 3.8) is 0 Å². The van der Waals surface area contributed by atoms with Crippen molar-refractivity contribution in [2.45, 2.75) is 18.9 Å². The summed E-state index contributed by atoms with van der Waals surface area (Å²) in [6.45, 7) is -0.726. The van der Waals surface area contributed by atoms with Gasteiger partial charge in [-0.05, 0) is 48.4 Å². The van der Waals surface area contributed by atoms with E-state index in [1.165, 1.54) is 48.5 Å². The van der Waals surface area contributed by atoms with Gasteiger partial charge in [0.15, 0.2) is 5.43 Å². The Hall–Kier alpha value is -5.72. The third-order valence-electron chi connectivity index (χ3n) is 6.17. The maximum Gasteiger partial charge on any atom is 0.336 e. The van der Waals surface area contributed by atoms with Gasteiger partial charge in [-0.2, -0.15) is 0 Å². The molecule has 1 atom stereocenters. The second-order valence-electron chi connectivity index (χ2n) is 9.02. The molecule has 0 spiro atoms. The number of benzene rings is 3. The summed E-state index contributed by atoms with van der Waals surface area (Å²) in [6, 6.07) is 10.7. The summed E-state index contributed by atoms with van der Waals surface area (Å²) in [6.07, 6.45) is -0.513. The molecule has 0 bridgehead atoms. The average Bonchev–Trinajstić information content (AvgIpc) is 2.91. The zero-order valence-corrected chi connectivity index (χ0v) is 21.2. The Morgan fingerprint density at radius 1 is 0.927 bits per heavy atom. The van der Waals surface area contributed by atoms with Gasteiger partial charge in [0.2, 0.25) is 11.8 Å². The molecule has 0 fully saturated rings. The summed E-state index contributed by atoms with van der Waals surface area (Å²) in [4.78, 5) is 72.0. The topological polar surface area (TPSA) is 226 Å². The summed E-state index contributed by atoms with van der Waals surface area (Å²) in [7, 11) is 0. The molecule has 13 nitrogen and oxygen atoms in total. The van der Waals surface area contributed by atoms with E-state index in [0.717, 1.165) is 6.07 Å². The Morgan fingerprint density at radius 3 is 2.34 bits per heavy atom. The van der Waals surface area contributed by atoms with Gasteiger partial charge in [0.25, 0.3) is 5.91 Å².